The number of benzene rings is 8. The maximum Gasteiger partial charge on any atom is 0.235 e. The molecule has 8 aromatic carbocycles. The predicted octanol–water partition coefficient (Wildman–Crippen LogP) is 12.3. The summed E-state index contributed by atoms with van der Waals surface area (Å²) in [6.45, 7) is 0. The Hall–Kier alpha value is -7.50. The van der Waals surface area contributed by atoms with Gasteiger partial charge in [0.25, 0.3) is 0 Å². The lowest BCUT2D eigenvalue weighted by Gasteiger charge is -2.45. The van der Waals surface area contributed by atoms with Gasteiger partial charge in [0.15, 0.2) is 0 Å². The van der Waals surface area contributed by atoms with Gasteiger partial charge in [0.1, 0.15) is 11.5 Å². The topological polar surface area (TPSA) is 44.9 Å². The first-order valence-corrected chi connectivity index (χ1v) is 19.1. The Balaban J connectivity index is 1.18. The van der Waals surface area contributed by atoms with Crippen LogP contribution < -0.4 is 4.74 Å². The van der Waals surface area contributed by atoms with E-state index < -0.39 is 5.41 Å². The minimum atomic E-state index is -0.665. The number of rotatable bonds is 2. The third-order valence-corrected chi connectivity index (χ3v) is 12.2. The average molecular weight is 715 g/mol. The first kappa shape index (κ1) is 29.9. The molecule has 2 aliphatic rings. The molecule has 0 bridgehead atoms. The molecule has 11 aromatic rings. The molecule has 1 unspecified atom stereocenters. The van der Waals surface area contributed by atoms with Crippen LogP contribution in [0, 0.1) is 0 Å². The number of ether oxygens (including phenoxy) is 1. The minimum absolute atomic E-state index is 0.622. The van der Waals surface area contributed by atoms with E-state index in [4.69, 9.17) is 14.7 Å². The van der Waals surface area contributed by atoms with Crippen molar-refractivity contribution in [3.63, 3.8) is 0 Å². The smallest absolute Gasteiger partial charge is 0.235 e. The van der Waals surface area contributed by atoms with Gasteiger partial charge in [0.05, 0.1) is 44.4 Å². The second-order valence-electron chi connectivity index (χ2n) is 14.9. The summed E-state index contributed by atoms with van der Waals surface area (Å²) in [5.74, 6) is 2.30. The molecule has 5 nitrogen and oxygen atoms in total. The maximum absolute atomic E-state index is 7.06. The van der Waals surface area contributed by atoms with E-state index in [1.807, 2.05) is 12.1 Å². The van der Waals surface area contributed by atoms with Crippen molar-refractivity contribution in [2.75, 3.05) is 0 Å². The van der Waals surface area contributed by atoms with Crippen LogP contribution in [0.3, 0.4) is 0 Å². The summed E-state index contributed by atoms with van der Waals surface area (Å²) in [6.07, 6.45) is 0. The Bertz CT molecular complexity index is 3470. The normalized spacial score (nSPS) is 15.4. The summed E-state index contributed by atoms with van der Waals surface area (Å²) >= 11 is 0. The summed E-state index contributed by atoms with van der Waals surface area (Å²) in [6, 6.07) is 65.1. The summed E-state index contributed by atoms with van der Waals surface area (Å²) in [5.41, 5.74) is 12.6. The highest BCUT2D eigenvalue weighted by atomic mass is 16.5. The van der Waals surface area contributed by atoms with Crippen molar-refractivity contribution in [2.45, 2.75) is 5.41 Å². The number of fused-ring (bicyclic) bond motifs is 15. The van der Waals surface area contributed by atoms with Crippen LogP contribution in [-0.2, 0) is 5.41 Å². The number of nitrogens with zero attached hydrogens (tertiary/aromatic N) is 4. The Labute approximate surface area is 321 Å². The highest BCUT2D eigenvalue weighted by Gasteiger charge is 2.50. The molecule has 1 spiro atoms. The predicted molar refractivity (Wildman–Crippen MR) is 226 cm³/mol. The van der Waals surface area contributed by atoms with Crippen LogP contribution in [0.1, 0.15) is 22.3 Å². The van der Waals surface area contributed by atoms with Gasteiger partial charge in [0, 0.05) is 49.7 Å². The monoisotopic (exact) mass is 714 g/mol. The van der Waals surface area contributed by atoms with E-state index in [9.17, 15) is 0 Å². The quantitative estimate of drug-likeness (QED) is 0.179. The maximum atomic E-state index is 7.06. The molecule has 1 atom stereocenters. The van der Waals surface area contributed by atoms with Crippen molar-refractivity contribution in [3.8, 4) is 34.4 Å². The van der Waals surface area contributed by atoms with Gasteiger partial charge in [-0.15, -0.1) is 0 Å². The van der Waals surface area contributed by atoms with Crippen molar-refractivity contribution < 1.29 is 4.74 Å². The molecule has 5 heteroatoms. The van der Waals surface area contributed by atoms with Crippen molar-refractivity contribution in [2.24, 2.45) is 0 Å². The second kappa shape index (κ2) is 10.8. The standard InChI is InChI=1S/C51H30N4O/c1-2-15-31(16-3-1)48-35-19-4-9-24-41(35)52-50(53-48)55-43-26-11-6-18-33(43)36-29-40-47(30-45(36)55)56-46-28-13-8-22-38(46)51(40)37-21-7-12-27-44(37)54-42-25-10-5-17-32(42)34-20-14-23-39(51)49(34)54/h1-30H. The fourth-order valence-corrected chi connectivity index (χ4v) is 9.98. The van der Waals surface area contributed by atoms with Crippen molar-refractivity contribution >= 4 is 54.5 Å². The number of para-hydroxylation sites is 6. The van der Waals surface area contributed by atoms with E-state index in [1.165, 1.54) is 38.6 Å². The molecule has 260 valence electrons. The lowest BCUT2D eigenvalue weighted by Crippen LogP contribution is -2.37. The van der Waals surface area contributed by atoms with Crippen molar-refractivity contribution in [1.82, 2.24) is 19.1 Å². The van der Waals surface area contributed by atoms with Crippen LogP contribution in [0.4, 0.5) is 0 Å². The largest absolute Gasteiger partial charge is 0.457 e. The lowest BCUT2D eigenvalue weighted by atomic mass is 9.61. The van der Waals surface area contributed by atoms with Gasteiger partial charge in [-0.05, 0) is 47.5 Å². The molecule has 0 amide bonds. The Kier molecular flexibility index (Phi) is 5.77. The highest BCUT2D eigenvalue weighted by Crippen LogP contribution is 2.61. The zero-order valence-electron chi connectivity index (χ0n) is 30.0. The highest BCUT2D eigenvalue weighted by molar-refractivity contribution is 6.13. The fourth-order valence-electron chi connectivity index (χ4n) is 9.98. The van der Waals surface area contributed by atoms with Crippen LogP contribution in [-0.4, -0.2) is 19.1 Å². The van der Waals surface area contributed by atoms with E-state index in [0.29, 0.717) is 5.95 Å². The zero-order valence-corrected chi connectivity index (χ0v) is 30.0. The van der Waals surface area contributed by atoms with Gasteiger partial charge in [-0.1, -0.05) is 140 Å². The molecule has 0 saturated heterocycles. The van der Waals surface area contributed by atoms with Gasteiger partial charge in [-0.25, -0.2) is 9.97 Å². The molecule has 0 radical (unpaired) electrons. The molecule has 13 rings (SSSR count). The lowest BCUT2D eigenvalue weighted by molar-refractivity contribution is 0.434. The second-order valence-corrected chi connectivity index (χ2v) is 14.9. The van der Waals surface area contributed by atoms with Crippen LogP contribution in [0.25, 0.3) is 77.4 Å². The SMILES string of the molecule is c1ccc(-c2nc(-n3c4ccccc4c4cc5c(cc43)Oc3ccccc3C53c4ccccc4-n4c5ccccc5c5cccc3c54)nc3ccccc23)cc1. The molecular weight excluding hydrogens is 685 g/mol. The van der Waals surface area contributed by atoms with Crippen LogP contribution in [0.5, 0.6) is 11.5 Å². The third-order valence-electron chi connectivity index (χ3n) is 12.2. The summed E-state index contributed by atoms with van der Waals surface area (Å²) in [4.78, 5) is 10.6. The van der Waals surface area contributed by atoms with Crippen LogP contribution in [0.15, 0.2) is 182 Å². The van der Waals surface area contributed by atoms with Gasteiger partial charge in [0.2, 0.25) is 5.95 Å². The average Bonchev–Trinajstić information content (AvgIpc) is 3.77. The van der Waals surface area contributed by atoms with Gasteiger partial charge in [-0.3, -0.25) is 4.57 Å². The van der Waals surface area contributed by atoms with Crippen molar-refractivity contribution in [3.05, 3.63) is 204 Å². The molecule has 0 saturated carbocycles. The third kappa shape index (κ3) is 3.69. The first-order valence-electron chi connectivity index (χ1n) is 19.1. The number of aromatic nitrogens is 4. The van der Waals surface area contributed by atoms with Gasteiger partial charge < -0.3 is 9.30 Å². The van der Waals surface area contributed by atoms with E-state index in [-0.39, 0.29) is 0 Å². The molecule has 5 heterocycles. The summed E-state index contributed by atoms with van der Waals surface area (Å²) in [7, 11) is 0. The van der Waals surface area contributed by atoms with E-state index in [1.54, 1.807) is 0 Å². The first-order chi connectivity index (χ1) is 27.8. The number of hydrogen-bond donors (Lipinski definition) is 0. The summed E-state index contributed by atoms with van der Waals surface area (Å²) in [5, 5.41) is 5.77. The molecule has 0 aliphatic carbocycles. The molecule has 0 N–H and O–H groups in total. The van der Waals surface area contributed by atoms with Crippen molar-refractivity contribution in [1.29, 1.82) is 0 Å². The van der Waals surface area contributed by atoms with E-state index in [2.05, 4.69) is 179 Å². The van der Waals surface area contributed by atoms with E-state index >= 15 is 0 Å². The molecule has 0 fully saturated rings. The Morgan fingerprint density at radius 1 is 0.411 bits per heavy atom. The minimum Gasteiger partial charge on any atom is -0.457 e. The summed E-state index contributed by atoms with van der Waals surface area (Å²) < 4.78 is 11.8. The fraction of sp³-hybridized carbons (Fsp3) is 0.0196. The van der Waals surface area contributed by atoms with Gasteiger partial charge >= 0.3 is 0 Å². The molecular formula is C51H30N4O. The molecule has 56 heavy (non-hydrogen) atoms. The Morgan fingerprint density at radius 2 is 1.05 bits per heavy atom. The molecule has 3 aromatic heterocycles. The van der Waals surface area contributed by atoms with Crippen LogP contribution in [0.2, 0.25) is 0 Å². The number of hydrogen-bond acceptors (Lipinski definition) is 3. The molecule has 2 aliphatic heterocycles. The zero-order chi connectivity index (χ0) is 36.5. The van der Waals surface area contributed by atoms with Gasteiger partial charge in [-0.2, -0.15) is 0 Å². The Morgan fingerprint density at radius 3 is 1.91 bits per heavy atom. The van der Waals surface area contributed by atoms with E-state index in [0.717, 1.165) is 66.6 Å². The van der Waals surface area contributed by atoms with Crippen LogP contribution >= 0.6 is 0 Å².